The minimum Gasteiger partial charge on any atom is -0.487 e. The van der Waals surface area contributed by atoms with Crippen molar-refractivity contribution >= 4 is 11.4 Å². The molecule has 112 valence electrons. The molecule has 0 fully saturated rings. The van der Waals surface area contributed by atoms with Crippen LogP contribution in [0.2, 0.25) is 0 Å². The van der Waals surface area contributed by atoms with E-state index >= 15 is 0 Å². The predicted octanol–water partition coefficient (Wildman–Crippen LogP) is 2.96. The van der Waals surface area contributed by atoms with Crippen molar-refractivity contribution < 1.29 is 14.8 Å². The van der Waals surface area contributed by atoms with Crippen LogP contribution in [0.15, 0.2) is 18.2 Å². The largest absolute Gasteiger partial charge is 0.487 e. The molecule has 0 saturated heterocycles. The third-order valence-electron chi connectivity index (χ3n) is 2.79. The van der Waals surface area contributed by atoms with Crippen LogP contribution in [0.3, 0.4) is 0 Å². The molecule has 0 amide bonds. The predicted molar refractivity (Wildman–Crippen MR) is 78.3 cm³/mol. The summed E-state index contributed by atoms with van der Waals surface area (Å²) < 4.78 is 5.40. The van der Waals surface area contributed by atoms with Gasteiger partial charge >= 0.3 is 5.69 Å². The molecule has 0 heterocycles. The van der Waals surface area contributed by atoms with Gasteiger partial charge in [-0.3, -0.25) is 10.1 Å². The van der Waals surface area contributed by atoms with E-state index in [0.29, 0.717) is 18.7 Å². The monoisotopic (exact) mass is 282 g/mol. The number of hydrogen-bond acceptors (Lipinski definition) is 5. The lowest BCUT2D eigenvalue weighted by molar-refractivity contribution is -0.385. The average Bonchev–Trinajstić information content (AvgIpc) is 2.42. The number of nitro groups is 1. The Kier molecular flexibility index (Phi) is 6.79. The number of nitro benzene ring substituents is 1. The quantitative estimate of drug-likeness (QED) is 0.537. The summed E-state index contributed by atoms with van der Waals surface area (Å²) in [6.07, 6.45) is 1.79. The molecule has 6 nitrogen and oxygen atoms in total. The average molecular weight is 282 g/mol. The zero-order valence-corrected chi connectivity index (χ0v) is 12.0. The zero-order chi connectivity index (χ0) is 15.0. The number of nitrogens with one attached hydrogen (secondary N) is 1. The molecule has 1 rings (SSSR count). The molecular formula is C14H22N2O4. The minimum atomic E-state index is -0.514. The maximum Gasteiger partial charge on any atom is 0.333 e. The van der Waals surface area contributed by atoms with Gasteiger partial charge < -0.3 is 15.2 Å². The van der Waals surface area contributed by atoms with Crippen LogP contribution >= 0.6 is 0 Å². The summed E-state index contributed by atoms with van der Waals surface area (Å²) in [5.41, 5.74) is 0.295. The molecule has 6 heteroatoms. The first kappa shape index (κ1) is 16.2. The van der Waals surface area contributed by atoms with Crippen LogP contribution in [0.4, 0.5) is 11.4 Å². The van der Waals surface area contributed by atoms with E-state index in [2.05, 4.69) is 5.32 Å². The number of hydrogen-bond donors (Lipinski definition) is 2. The summed E-state index contributed by atoms with van der Waals surface area (Å²) in [6.45, 7) is 4.63. The highest BCUT2D eigenvalue weighted by molar-refractivity contribution is 5.68. The highest BCUT2D eigenvalue weighted by Crippen LogP contribution is 2.34. The molecule has 0 aliphatic rings. The Hall–Kier alpha value is -1.82. The van der Waals surface area contributed by atoms with E-state index in [4.69, 9.17) is 4.74 Å². The third kappa shape index (κ3) is 4.70. The van der Waals surface area contributed by atoms with Crippen molar-refractivity contribution in [1.82, 2.24) is 0 Å². The van der Waals surface area contributed by atoms with Gasteiger partial charge in [-0.15, -0.1) is 0 Å². The lowest BCUT2D eigenvalue weighted by Gasteiger charge is -2.13. The van der Waals surface area contributed by atoms with Gasteiger partial charge in [0.2, 0.25) is 0 Å². The molecule has 1 aromatic rings. The second-order valence-corrected chi connectivity index (χ2v) is 4.58. The van der Waals surface area contributed by atoms with Crippen molar-refractivity contribution in [2.45, 2.75) is 39.2 Å². The van der Waals surface area contributed by atoms with Crippen LogP contribution in [0.5, 0.6) is 5.75 Å². The third-order valence-corrected chi connectivity index (χ3v) is 2.79. The molecule has 0 aliphatic heterocycles. The number of aliphatic hydroxyl groups is 1. The molecule has 20 heavy (non-hydrogen) atoms. The van der Waals surface area contributed by atoms with E-state index in [1.165, 1.54) is 0 Å². The Morgan fingerprint density at radius 2 is 2.15 bits per heavy atom. The molecule has 2 N–H and O–H groups in total. The van der Waals surface area contributed by atoms with Crippen molar-refractivity contribution in [2.24, 2.45) is 0 Å². The molecule has 1 aromatic carbocycles. The minimum absolute atomic E-state index is 0.0790. The molecule has 0 spiro atoms. The fourth-order valence-corrected chi connectivity index (χ4v) is 1.84. The van der Waals surface area contributed by atoms with Crippen LogP contribution in [0.1, 0.15) is 33.1 Å². The molecule has 1 unspecified atom stereocenters. The van der Waals surface area contributed by atoms with Crippen LogP contribution < -0.4 is 10.1 Å². The maximum atomic E-state index is 11.2. The molecular weight excluding hydrogens is 260 g/mol. The number of rotatable bonds is 9. The van der Waals surface area contributed by atoms with Gasteiger partial charge in [-0.2, -0.15) is 0 Å². The number of anilines is 1. The number of aliphatic hydroxyl groups excluding tert-OH is 1. The van der Waals surface area contributed by atoms with Crippen LogP contribution in [-0.4, -0.2) is 29.3 Å². The van der Waals surface area contributed by atoms with E-state index in [1.807, 2.05) is 13.8 Å². The standard InChI is InChI=1S/C14H22N2O4/c1-3-6-11(17)10-15-12-7-5-8-13(20-9-4-2)14(12)16(18)19/h5,7-8,11,15,17H,3-4,6,9-10H2,1-2H3. The molecule has 0 aliphatic carbocycles. The molecule has 0 radical (unpaired) electrons. The Bertz CT molecular complexity index is 437. The summed E-state index contributed by atoms with van der Waals surface area (Å²) in [5, 5.41) is 23.8. The summed E-state index contributed by atoms with van der Waals surface area (Å²) in [5.74, 6) is 0.256. The van der Waals surface area contributed by atoms with Gasteiger partial charge in [0.15, 0.2) is 5.75 Å². The Balaban J connectivity index is 2.86. The first-order valence-corrected chi connectivity index (χ1v) is 6.92. The first-order chi connectivity index (χ1) is 9.60. The normalized spacial score (nSPS) is 11.9. The Morgan fingerprint density at radius 1 is 1.40 bits per heavy atom. The number of nitrogens with zero attached hydrogens (tertiary/aromatic N) is 1. The van der Waals surface area contributed by atoms with E-state index < -0.39 is 11.0 Å². The second-order valence-electron chi connectivity index (χ2n) is 4.58. The highest BCUT2D eigenvalue weighted by atomic mass is 16.6. The van der Waals surface area contributed by atoms with Crippen LogP contribution in [-0.2, 0) is 0 Å². The van der Waals surface area contributed by atoms with E-state index in [0.717, 1.165) is 12.8 Å². The fourth-order valence-electron chi connectivity index (χ4n) is 1.84. The molecule has 0 saturated carbocycles. The number of ether oxygens (including phenoxy) is 1. The van der Waals surface area contributed by atoms with Crippen molar-refractivity contribution in [3.05, 3.63) is 28.3 Å². The first-order valence-electron chi connectivity index (χ1n) is 6.92. The van der Waals surface area contributed by atoms with E-state index in [-0.39, 0.29) is 18.0 Å². The Labute approximate surface area is 118 Å². The van der Waals surface area contributed by atoms with Gasteiger partial charge in [0.25, 0.3) is 0 Å². The van der Waals surface area contributed by atoms with Crippen molar-refractivity contribution in [3.63, 3.8) is 0 Å². The smallest absolute Gasteiger partial charge is 0.333 e. The topological polar surface area (TPSA) is 84.6 Å². The fraction of sp³-hybridized carbons (Fsp3) is 0.571. The summed E-state index contributed by atoms with van der Waals surface area (Å²) in [4.78, 5) is 10.7. The van der Waals surface area contributed by atoms with Crippen molar-refractivity contribution in [2.75, 3.05) is 18.5 Å². The second kappa shape index (κ2) is 8.37. The van der Waals surface area contributed by atoms with Crippen molar-refractivity contribution in [3.8, 4) is 5.75 Å². The van der Waals surface area contributed by atoms with Crippen LogP contribution in [0.25, 0.3) is 0 Å². The van der Waals surface area contributed by atoms with Gasteiger partial charge in [0, 0.05) is 6.54 Å². The zero-order valence-electron chi connectivity index (χ0n) is 12.0. The van der Waals surface area contributed by atoms with Gasteiger partial charge in [0.1, 0.15) is 5.69 Å². The molecule has 0 aromatic heterocycles. The molecule has 0 bridgehead atoms. The van der Waals surface area contributed by atoms with Gasteiger partial charge in [0.05, 0.1) is 17.6 Å². The maximum absolute atomic E-state index is 11.2. The van der Waals surface area contributed by atoms with Gasteiger partial charge in [-0.1, -0.05) is 26.3 Å². The Morgan fingerprint density at radius 3 is 2.75 bits per heavy atom. The van der Waals surface area contributed by atoms with Gasteiger partial charge in [-0.25, -0.2) is 0 Å². The number of benzene rings is 1. The lowest BCUT2D eigenvalue weighted by atomic mass is 10.2. The summed E-state index contributed by atoms with van der Waals surface area (Å²) in [6, 6.07) is 4.91. The van der Waals surface area contributed by atoms with E-state index in [1.54, 1.807) is 18.2 Å². The van der Waals surface area contributed by atoms with Gasteiger partial charge in [-0.05, 0) is 25.0 Å². The van der Waals surface area contributed by atoms with E-state index in [9.17, 15) is 15.2 Å². The van der Waals surface area contributed by atoms with Crippen LogP contribution in [0, 0.1) is 10.1 Å². The SMILES string of the molecule is CCCOc1cccc(NCC(O)CCC)c1[N+](=O)[O-]. The lowest BCUT2D eigenvalue weighted by Crippen LogP contribution is -2.19. The highest BCUT2D eigenvalue weighted by Gasteiger charge is 2.21. The molecule has 1 atom stereocenters. The van der Waals surface area contributed by atoms with Crippen molar-refractivity contribution in [1.29, 1.82) is 0 Å². The summed E-state index contributed by atoms with van der Waals surface area (Å²) >= 11 is 0. The number of para-hydroxylation sites is 1. The summed E-state index contributed by atoms with van der Waals surface area (Å²) in [7, 11) is 0.